The van der Waals surface area contributed by atoms with Crippen molar-refractivity contribution in [1.82, 2.24) is 4.90 Å². The molecule has 0 spiro atoms. The van der Waals surface area contributed by atoms with Gasteiger partial charge in [-0.3, -0.25) is 4.79 Å². The van der Waals surface area contributed by atoms with Crippen LogP contribution in [0.15, 0.2) is 18.2 Å². The molecule has 1 saturated heterocycles. The number of nitrogens with zero attached hydrogens (tertiary/aromatic N) is 2. The van der Waals surface area contributed by atoms with Crippen LogP contribution in [0.2, 0.25) is 0 Å². The van der Waals surface area contributed by atoms with Crippen LogP contribution in [0.1, 0.15) is 35.2 Å². The van der Waals surface area contributed by atoms with Crippen LogP contribution >= 0.6 is 0 Å². The summed E-state index contributed by atoms with van der Waals surface area (Å²) < 4.78 is 0. The van der Waals surface area contributed by atoms with Gasteiger partial charge in [-0.1, -0.05) is 6.07 Å². The third kappa shape index (κ3) is 2.93. The summed E-state index contributed by atoms with van der Waals surface area (Å²) in [5.41, 5.74) is 1.96. The van der Waals surface area contributed by atoms with E-state index in [-0.39, 0.29) is 11.5 Å². The first-order valence-corrected chi connectivity index (χ1v) is 7.54. The Morgan fingerprint density at radius 1 is 1.19 bits per heavy atom. The van der Waals surface area contributed by atoms with Crippen molar-refractivity contribution in [2.75, 3.05) is 31.1 Å². The predicted molar refractivity (Wildman–Crippen MR) is 79.7 cm³/mol. The number of anilines is 1. The molecule has 5 nitrogen and oxygen atoms in total. The second-order valence-corrected chi connectivity index (χ2v) is 5.77. The first kappa shape index (κ1) is 14.1. The van der Waals surface area contributed by atoms with Crippen molar-refractivity contribution < 1.29 is 14.7 Å². The molecule has 1 aromatic carbocycles. The number of benzene rings is 1. The summed E-state index contributed by atoms with van der Waals surface area (Å²) in [6.07, 6.45) is 3.86. The third-order valence-electron chi connectivity index (χ3n) is 4.32. The van der Waals surface area contributed by atoms with E-state index in [1.54, 1.807) is 23.1 Å². The number of carboxylic acids is 1. The van der Waals surface area contributed by atoms with E-state index in [2.05, 4.69) is 4.90 Å². The van der Waals surface area contributed by atoms with Crippen molar-refractivity contribution in [3.8, 4) is 0 Å². The van der Waals surface area contributed by atoms with Gasteiger partial charge in [-0.15, -0.1) is 0 Å². The van der Waals surface area contributed by atoms with E-state index >= 15 is 0 Å². The molecule has 1 amide bonds. The fraction of sp³-hybridized carbons (Fsp3) is 0.500. The Labute approximate surface area is 124 Å². The van der Waals surface area contributed by atoms with Crippen LogP contribution < -0.4 is 4.90 Å². The molecule has 0 saturated carbocycles. The van der Waals surface area contributed by atoms with Crippen LogP contribution in [0.4, 0.5) is 5.69 Å². The van der Waals surface area contributed by atoms with Crippen molar-refractivity contribution in [3.05, 3.63) is 29.3 Å². The number of carbonyl (C=O) groups is 2. The van der Waals surface area contributed by atoms with Gasteiger partial charge >= 0.3 is 5.97 Å². The smallest absolute Gasteiger partial charge is 0.335 e. The zero-order chi connectivity index (χ0) is 14.8. The molecule has 0 aliphatic carbocycles. The minimum Gasteiger partial charge on any atom is -0.478 e. The summed E-state index contributed by atoms with van der Waals surface area (Å²) >= 11 is 0. The highest BCUT2D eigenvalue weighted by Gasteiger charge is 2.27. The van der Waals surface area contributed by atoms with E-state index in [0.717, 1.165) is 37.3 Å². The lowest BCUT2D eigenvalue weighted by Crippen LogP contribution is -2.31. The number of aromatic carboxylic acids is 1. The molecule has 3 rings (SSSR count). The molecule has 1 N–H and O–H groups in total. The zero-order valence-electron chi connectivity index (χ0n) is 12.0. The van der Waals surface area contributed by atoms with Crippen LogP contribution in [0, 0.1) is 0 Å². The van der Waals surface area contributed by atoms with E-state index in [1.165, 1.54) is 12.8 Å². The standard InChI is InChI=1S/C16H20N2O3/c19-15-11-12-4-5-13(16(20)21)10-14(12)18(15)9-3-8-17-6-1-2-7-17/h4-5,10H,1-3,6-9,11H2,(H,20,21). The lowest BCUT2D eigenvalue weighted by Gasteiger charge is -2.20. The summed E-state index contributed by atoms with van der Waals surface area (Å²) in [5, 5.41) is 9.08. The number of hydrogen-bond acceptors (Lipinski definition) is 3. The predicted octanol–water partition coefficient (Wildman–Crippen LogP) is 1.76. The van der Waals surface area contributed by atoms with Crippen molar-refractivity contribution in [2.45, 2.75) is 25.7 Å². The number of rotatable bonds is 5. The van der Waals surface area contributed by atoms with Gasteiger partial charge in [0.1, 0.15) is 0 Å². The average Bonchev–Trinajstić information content (AvgIpc) is 3.06. The largest absolute Gasteiger partial charge is 0.478 e. The second-order valence-electron chi connectivity index (χ2n) is 5.77. The van der Waals surface area contributed by atoms with Gasteiger partial charge in [0.05, 0.1) is 12.0 Å². The quantitative estimate of drug-likeness (QED) is 0.897. The van der Waals surface area contributed by atoms with Crippen molar-refractivity contribution >= 4 is 17.6 Å². The topological polar surface area (TPSA) is 60.9 Å². The van der Waals surface area contributed by atoms with Gasteiger partial charge in [-0.25, -0.2) is 4.79 Å². The molecule has 112 valence electrons. The molecular formula is C16H20N2O3. The van der Waals surface area contributed by atoms with Gasteiger partial charge in [0.25, 0.3) is 0 Å². The van der Waals surface area contributed by atoms with Crippen molar-refractivity contribution in [1.29, 1.82) is 0 Å². The molecule has 0 bridgehead atoms. The molecule has 2 aliphatic heterocycles. The van der Waals surface area contributed by atoms with Crippen LogP contribution in [-0.4, -0.2) is 48.1 Å². The van der Waals surface area contributed by atoms with Gasteiger partial charge in [0.15, 0.2) is 0 Å². The first-order valence-electron chi connectivity index (χ1n) is 7.54. The maximum atomic E-state index is 12.1. The van der Waals surface area contributed by atoms with Gasteiger partial charge in [-0.2, -0.15) is 0 Å². The van der Waals surface area contributed by atoms with Gasteiger partial charge in [-0.05, 0) is 56.6 Å². The highest BCUT2D eigenvalue weighted by Crippen LogP contribution is 2.30. The highest BCUT2D eigenvalue weighted by atomic mass is 16.4. The van der Waals surface area contributed by atoms with E-state index in [1.807, 2.05) is 0 Å². The number of carbonyl (C=O) groups excluding carboxylic acids is 1. The van der Waals surface area contributed by atoms with Crippen LogP contribution in [0.25, 0.3) is 0 Å². The van der Waals surface area contributed by atoms with Gasteiger partial charge in [0.2, 0.25) is 5.91 Å². The van der Waals surface area contributed by atoms with Gasteiger partial charge in [0, 0.05) is 12.2 Å². The van der Waals surface area contributed by atoms with Crippen LogP contribution in [0.5, 0.6) is 0 Å². The Kier molecular flexibility index (Phi) is 3.92. The normalized spacial score (nSPS) is 18.3. The molecule has 1 aromatic rings. The fourth-order valence-corrected chi connectivity index (χ4v) is 3.19. The maximum Gasteiger partial charge on any atom is 0.335 e. The van der Waals surface area contributed by atoms with E-state index in [9.17, 15) is 9.59 Å². The summed E-state index contributed by atoms with van der Waals surface area (Å²) in [6, 6.07) is 4.96. The summed E-state index contributed by atoms with van der Waals surface area (Å²) in [7, 11) is 0. The Morgan fingerprint density at radius 3 is 2.67 bits per heavy atom. The number of amides is 1. The maximum absolute atomic E-state index is 12.1. The molecule has 2 aliphatic rings. The molecule has 0 radical (unpaired) electrons. The van der Waals surface area contributed by atoms with Gasteiger partial charge < -0.3 is 14.9 Å². The lowest BCUT2D eigenvalue weighted by atomic mass is 10.1. The lowest BCUT2D eigenvalue weighted by molar-refractivity contribution is -0.117. The summed E-state index contributed by atoms with van der Waals surface area (Å²) in [5.74, 6) is -0.872. The monoisotopic (exact) mass is 288 g/mol. The molecule has 21 heavy (non-hydrogen) atoms. The van der Waals surface area contributed by atoms with Crippen molar-refractivity contribution in [2.24, 2.45) is 0 Å². The molecule has 0 aromatic heterocycles. The van der Waals surface area contributed by atoms with Crippen LogP contribution in [0.3, 0.4) is 0 Å². The molecule has 2 heterocycles. The molecule has 5 heteroatoms. The zero-order valence-corrected chi connectivity index (χ0v) is 12.0. The SMILES string of the molecule is O=C(O)c1ccc2c(c1)N(CCCN1CCCC1)C(=O)C2. The average molecular weight is 288 g/mol. The number of hydrogen-bond donors (Lipinski definition) is 1. The summed E-state index contributed by atoms with van der Waals surface area (Å²) in [4.78, 5) is 27.3. The molecule has 1 fully saturated rings. The van der Waals surface area contributed by atoms with E-state index in [4.69, 9.17) is 5.11 Å². The fourth-order valence-electron chi connectivity index (χ4n) is 3.19. The third-order valence-corrected chi connectivity index (χ3v) is 4.32. The summed E-state index contributed by atoms with van der Waals surface area (Å²) in [6.45, 7) is 4.00. The molecule has 0 unspecified atom stereocenters. The Balaban J connectivity index is 1.67. The Hall–Kier alpha value is -1.88. The van der Waals surface area contributed by atoms with E-state index in [0.29, 0.717) is 13.0 Å². The number of fused-ring (bicyclic) bond motifs is 1. The minimum absolute atomic E-state index is 0.0777. The Bertz CT molecular complexity index is 565. The minimum atomic E-state index is -0.950. The highest BCUT2D eigenvalue weighted by molar-refractivity contribution is 6.03. The molecular weight excluding hydrogens is 268 g/mol. The number of likely N-dealkylation sites (tertiary alicyclic amines) is 1. The second kappa shape index (κ2) is 5.85. The first-order chi connectivity index (χ1) is 10.1. The Morgan fingerprint density at radius 2 is 1.95 bits per heavy atom. The number of carboxylic acid groups (broad SMARTS) is 1. The molecule has 0 atom stereocenters. The van der Waals surface area contributed by atoms with Crippen LogP contribution in [-0.2, 0) is 11.2 Å². The van der Waals surface area contributed by atoms with Crippen molar-refractivity contribution in [3.63, 3.8) is 0 Å². The van der Waals surface area contributed by atoms with E-state index < -0.39 is 5.97 Å².